The lowest BCUT2D eigenvalue weighted by Gasteiger charge is -2.15. The SMILES string of the molecule is CCC(C)C(=O)OCC(=O)N1CCCC1. The Morgan fingerprint density at radius 2 is 1.93 bits per heavy atom. The van der Waals surface area contributed by atoms with E-state index in [0.29, 0.717) is 0 Å². The number of carbonyl (C=O) groups is 2. The van der Waals surface area contributed by atoms with Gasteiger partial charge in [-0.25, -0.2) is 0 Å². The summed E-state index contributed by atoms with van der Waals surface area (Å²) in [5.74, 6) is -0.453. The van der Waals surface area contributed by atoms with Crippen molar-refractivity contribution in [1.29, 1.82) is 0 Å². The van der Waals surface area contributed by atoms with Crippen molar-refractivity contribution in [2.24, 2.45) is 5.92 Å². The van der Waals surface area contributed by atoms with E-state index in [1.807, 2.05) is 13.8 Å². The van der Waals surface area contributed by atoms with Crippen LogP contribution in [0.2, 0.25) is 0 Å². The number of rotatable bonds is 4. The number of esters is 1. The Hall–Kier alpha value is -1.06. The van der Waals surface area contributed by atoms with Gasteiger partial charge in [-0.3, -0.25) is 9.59 Å². The number of hydrogen-bond acceptors (Lipinski definition) is 3. The summed E-state index contributed by atoms with van der Waals surface area (Å²) in [6.45, 7) is 5.25. The van der Waals surface area contributed by atoms with Crippen LogP contribution in [-0.2, 0) is 14.3 Å². The van der Waals surface area contributed by atoms with Crippen molar-refractivity contribution in [3.8, 4) is 0 Å². The molecule has 1 heterocycles. The summed E-state index contributed by atoms with van der Waals surface area (Å²) in [5, 5.41) is 0. The van der Waals surface area contributed by atoms with Crippen LogP contribution >= 0.6 is 0 Å². The molecule has 0 N–H and O–H groups in total. The van der Waals surface area contributed by atoms with Crippen LogP contribution in [0.5, 0.6) is 0 Å². The van der Waals surface area contributed by atoms with Crippen molar-refractivity contribution < 1.29 is 14.3 Å². The Kier molecular flexibility index (Phi) is 4.59. The van der Waals surface area contributed by atoms with Crippen LogP contribution < -0.4 is 0 Å². The molecule has 0 aromatic heterocycles. The minimum absolute atomic E-state index is 0.0656. The molecule has 0 aromatic carbocycles. The Morgan fingerprint density at radius 1 is 1.33 bits per heavy atom. The molecule has 1 saturated heterocycles. The van der Waals surface area contributed by atoms with Crippen LogP contribution in [0.3, 0.4) is 0 Å². The summed E-state index contributed by atoms with van der Waals surface area (Å²) >= 11 is 0. The molecular weight excluding hydrogens is 194 g/mol. The van der Waals surface area contributed by atoms with Gasteiger partial charge in [-0.1, -0.05) is 13.8 Å². The number of likely N-dealkylation sites (tertiary alicyclic amines) is 1. The Morgan fingerprint density at radius 3 is 2.47 bits per heavy atom. The summed E-state index contributed by atoms with van der Waals surface area (Å²) in [6, 6.07) is 0. The highest BCUT2D eigenvalue weighted by molar-refractivity contribution is 5.81. The maximum absolute atomic E-state index is 11.5. The van der Waals surface area contributed by atoms with Gasteiger partial charge in [0.25, 0.3) is 5.91 Å². The Bertz CT molecular complexity index is 234. The van der Waals surface area contributed by atoms with Gasteiger partial charge in [-0.05, 0) is 19.3 Å². The van der Waals surface area contributed by atoms with Gasteiger partial charge in [0.05, 0.1) is 5.92 Å². The van der Waals surface area contributed by atoms with Crippen molar-refractivity contribution in [3.05, 3.63) is 0 Å². The van der Waals surface area contributed by atoms with E-state index in [9.17, 15) is 9.59 Å². The molecule has 0 radical (unpaired) electrons. The van der Waals surface area contributed by atoms with E-state index in [1.165, 1.54) is 0 Å². The van der Waals surface area contributed by atoms with Gasteiger partial charge in [0, 0.05) is 13.1 Å². The van der Waals surface area contributed by atoms with E-state index >= 15 is 0 Å². The third-order valence-electron chi connectivity index (χ3n) is 2.81. The predicted molar refractivity (Wildman–Crippen MR) is 56.2 cm³/mol. The fraction of sp³-hybridized carbons (Fsp3) is 0.818. The average Bonchev–Trinajstić information content (AvgIpc) is 2.77. The molecule has 4 heteroatoms. The lowest BCUT2D eigenvalue weighted by atomic mass is 10.1. The lowest BCUT2D eigenvalue weighted by Crippen LogP contribution is -2.32. The number of ether oxygens (including phenoxy) is 1. The molecule has 1 amide bonds. The second kappa shape index (κ2) is 5.73. The molecule has 86 valence electrons. The summed E-state index contributed by atoms with van der Waals surface area (Å²) < 4.78 is 4.94. The second-order valence-electron chi connectivity index (χ2n) is 4.00. The number of hydrogen-bond donors (Lipinski definition) is 0. The van der Waals surface area contributed by atoms with Crippen molar-refractivity contribution in [1.82, 2.24) is 4.90 Å². The van der Waals surface area contributed by atoms with E-state index in [-0.39, 0.29) is 24.4 Å². The first-order chi connectivity index (χ1) is 7.15. The average molecular weight is 213 g/mol. The third kappa shape index (κ3) is 3.53. The van der Waals surface area contributed by atoms with Crippen LogP contribution in [0, 0.1) is 5.92 Å². The first-order valence-electron chi connectivity index (χ1n) is 5.59. The normalized spacial score (nSPS) is 17.6. The molecule has 1 fully saturated rings. The molecule has 0 aromatic rings. The van der Waals surface area contributed by atoms with Gasteiger partial charge >= 0.3 is 5.97 Å². The smallest absolute Gasteiger partial charge is 0.309 e. The van der Waals surface area contributed by atoms with E-state index in [1.54, 1.807) is 4.90 Å². The van der Waals surface area contributed by atoms with Crippen molar-refractivity contribution >= 4 is 11.9 Å². The predicted octanol–water partition coefficient (Wildman–Crippen LogP) is 1.20. The maximum atomic E-state index is 11.5. The van der Waals surface area contributed by atoms with Gasteiger partial charge in [-0.15, -0.1) is 0 Å². The molecule has 0 bridgehead atoms. The summed E-state index contributed by atoms with van der Waals surface area (Å²) in [5.41, 5.74) is 0. The molecular formula is C11H19NO3. The molecule has 1 atom stereocenters. The van der Waals surface area contributed by atoms with Crippen LogP contribution in [-0.4, -0.2) is 36.5 Å². The third-order valence-corrected chi connectivity index (χ3v) is 2.81. The molecule has 15 heavy (non-hydrogen) atoms. The standard InChI is InChI=1S/C11H19NO3/c1-3-9(2)11(14)15-8-10(13)12-6-4-5-7-12/h9H,3-8H2,1-2H3. The minimum atomic E-state index is -0.273. The summed E-state index contributed by atoms with van der Waals surface area (Å²) in [4.78, 5) is 24.6. The van der Waals surface area contributed by atoms with Crippen LogP contribution in [0.4, 0.5) is 0 Å². The highest BCUT2D eigenvalue weighted by atomic mass is 16.5. The van der Waals surface area contributed by atoms with Gasteiger partial charge in [-0.2, -0.15) is 0 Å². The molecule has 0 aliphatic carbocycles. The van der Waals surface area contributed by atoms with Crippen LogP contribution in [0.1, 0.15) is 33.1 Å². The first-order valence-corrected chi connectivity index (χ1v) is 5.59. The van der Waals surface area contributed by atoms with Crippen molar-refractivity contribution in [2.45, 2.75) is 33.1 Å². The maximum Gasteiger partial charge on any atom is 0.309 e. The van der Waals surface area contributed by atoms with Gasteiger partial charge in [0.1, 0.15) is 0 Å². The topological polar surface area (TPSA) is 46.6 Å². The van der Waals surface area contributed by atoms with Gasteiger partial charge < -0.3 is 9.64 Å². The summed E-state index contributed by atoms with van der Waals surface area (Å²) in [7, 11) is 0. The quantitative estimate of drug-likeness (QED) is 0.659. The molecule has 1 rings (SSSR count). The highest BCUT2D eigenvalue weighted by Gasteiger charge is 2.20. The molecule has 0 saturated carbocycles. The van der Waals surface area contributed by atoms with E-state index < -0.39 is 0 Å². The van der Waals surface area contributed by atoms with Crippen LogP contribution in [0.25, 0.3) is 0 Å². The lowest BCUT2D eigenvalue weighted by molar-refractivity contribution is -0.154. The molecule has 1 unspecified atom stereocenters. The van der Waals surface area contributed by atoms with Crippen molar-refractivity contribution in [2.75, 3.05) is 19.7 Å². The number of amides is 1. The van der Waals surface area contributed by atoms with E-state index in [0.717, 1.165) is 32.4 Å². The fourth-order valence-electron chi connectivity index (χ4n) is 1.50. The summed E-state index contributed by atoms with van der Waals surface area (Å²) in [6.07, 6.45) is 2.87. The van der Waals surface area contributed by atoms with Crippen LogP contribution in [0.15, 0.2) is 0 Å². The Balaban J connectivity index is 2.24. The van der Waals surface area contributed by atoms with Gasteiger partial charge in [0.2, 0.25) is 0 Å². The molecule has 1 aliphatic rings. The highest BCUT2D eigenvalue weighted by Crippen LogP contribution is 2.08. The van der Waals surface area contributed by atoms with E-state index in [4.69, 9.17) is 4.74 Å². The fourth-order valence-corrected chi connectivity index (χ4v) is 1.50. The van der Waals surface area contributed by atoms with Gasteiger partial charge in [0.15, 0.2) is 6.61 Å². The molecule has 1 aliphatic heterocycles. The zero-order valence-electron chi connectivity index (χ0n) is 9.49. The first kappa shape index (κ1) is 12.0. The number of carbonyl (C=O) groups excluding carboxylic acids is 2. The zero-order chi connectivity index (χ0) is 11.3. The Labute approximate surface area is 90.6 Å². The minimum Gasteiger partial charge on any atom is -0.455 e. The second-order valence-corrected chi connectivity index (χ2v) is 4.00. The van der Waals surface area contributed by atoms with E-state index in [2.05, 4.69) is 0 Å². The molecule has 4 nitrogen and oxygen atoms in total. The largest absolute Gasteiger partial charge is 0.455 e. The molecule has 0 spiro atoms. The zero-order valence-corrected chi connectivity index (χ0v) is 9.49. The van der Waals surface area contributed by atoms with Crippen molar-refractivity contribution in [3.63, 3.8) is 0 Å². The number of nitrogens with zero attached hydrogens (tertiary/aromatic N) is 1. The monoisotopic (exact) mass is 213 g/mol.